The van der Waals surface area contributed by atoms with Gasteiger partial charge in [0, 0.05) is 31.1 Å². The number of rotatable bonds is 3. The minimum Gasteiger partial charge on any atom is -0.373 e. The molecule has 19 heavy (non-hydrogen) atoms. The van der Waals surface area contributed by atoms with Crippen molar-refractivity contribution in [3.63, 3.8) is 0 Å². The van der Waals surface area contributed by atoms with Crippen molar-refractivity contribution in [1.82, 2.24) is 9.97 Å². The van der Waals surface area contributed by atoms with Crippen LogP contribution in [0.25, 0.3) is 0 Å². The largest absolute Gasteiger partial charge is 0.373 e. The van der Waals surface area contributed by atoms with Gasteiger partial charge in [-0.25, -0.2) is 9.97 Å². The molecule has 1 aliphatic heterocycles. The monoisotopic (exact) mass is 260 g/mol. The topological polar surface area (TPSA) is 41.1 Å². The molecule has 1 saturated carbocycles. The second kappa shape index (κ2) is 4.66. The third kappa shape index (κ3) is 2.07. The van der Waals surface area contributed by atoms with Crippen LogP contribution in [0.1, 0.15) is 50.4 Å². The average Bonchev–Trinajstić information content (AvgIpc) is 3.01. The molecule has 2 fully saturated rings. The second-order valence-electron chi connectivity index (χ2n) is 6.27. The molecule has 2 atom stereocenters. The summed E-state index contributed by atoms with van der Waals surface area (Å²) in [7, 11) is 1.94. The number of aromatic nitrogens is 2. The molecule has 2 heterocycles. The van der Waals surface area contributed by atoms with Gasteiger partial charge in [-0.3, -0.25) is 0 Å². The predicted octanol–water partition coefficient (Wildman–Crippen LogP) is 2.94. The van der Waals surface area contributed by atoms with E-state index in [1.165, 1.54) is 31.4 Å². The van der Waals surface area contributed by atoms with E-state index >= 15 is 0 Å². The highest BCUT2D eigenvalue weighted by Gasteiger charge is 2.39. The number of hydrogen-bond acceptors (Lipinski definition) is 4. The summed E-state index contributed by atoms with van der Waals surface area (Å²) < 4.78 is 0. The lowest BCUT2D eigenvalue weighted by Gasteiger charge is -2.30. The molecule has 0 aromatic carbocycles. The lowest BCUT2D eigenvalue weighted by atomic mass is 10.1. The molecule has 0 radical (unpaired) electrons. The second-order valence-corrected chi connectivity index (χ2v) is 6.27. The van der Waals surface area contributed by atoms with Crippen LogP contribution in [-0.4, -0.2) is 29.6 Å². The summed E-state index contributed by atoms with van der Waals surface area (Å²) in [5, 5.41) is 3.22. The van der Waals surface area contributed by atoms with E-state index in [1.54, 1.807) is 0 Å². The lowest BCUT2D eigenvalue weighted by Crippen LogP contribution is -2.33. The number of nitrogens with zero attached hydrogens (tertiary/aromatic N) is 3. The van der Waals surface area contributed by atoms with Crippen LogP contribution < -0.4 is 10.2 Å². The molecular formula is C15H24N4. The quantitative estimate of drug-likeness (QED) is 0.907. The van der Waals surface area contributed by atoms with Gasteiger partial charge in [-0.2, -0.15) is 0 Å². The summed E-state index contributed by atoms with van der Waals surface area (Å²) in [5.41, 5.74) is 1.19. The maximum atomic E-state index is 4.86. The molecule has 1 aromatic rings. The molecule has 0 spiro atoms. The van der Waals surface area contributed by atoms with E-state index in [4.69, 9.17) is 4.98 Å². The molecule has 1 aliphatic carbocycles. The Kier molecular flexibility index (Phi) is 3.11. The van der Waals surface area contributed by atoms with E-state index in [0.717, 1.165) is 23.4 Å². The van der Waals surface area contributed by atoms with Gasteiger partial charge < -0.3 is 10.2 Å². The first-order valence-electron chi connectivity index (χ1n) is 7.43. The molecule has 0 amide bonds. The van der Waals surface area contributed by atoms with Crippen LogP contribution >= 0.6 is 0 Å². The Morgan fingerprint density at radius 3 is 2.58 bits per heavy atom. The number of nitrogens with one attached hydrogen (secondary N) is 1. The third-order valence-corrected chi connectivity index (χ3v) is 4.57. The van der Waals surface area contributed by atoms with E-state index in [1.807, 2.05) is 7.05 Å². The Morgan fingerprint density at radius 2 is 2.05 bits per heavy atom. The number of anilines is 2. The molecule has 2 unspecified atom stereocenters. The highest BCUT2D eigenvalue weighted by Crippen LogP contribution is 2.41. The third-order valence-electron chi connectivity index (χ3n) is 4.57. The van der Waals surface area contributed by atoms with Crippen molar-refractivity contribution in [3.05, 3.63) is 11.4 Å². The summed E-state index contributed by atoms with van der Waals surface area (Å²) in [4.78, 5) is 12.0. The van der Waals surface area contributed by atoms with E-state index in [0.29, 0.717) is 12.0 Å². The van der Waals surface area contributed by atoms with Crippen molar-refractivity contribution in [2.24, 2.45) is 5.92 Å². The SMILES string of the molecule is CNc1nc(C(C)C)nc(N2CC3CCC2C3)c1C. The summed E-state index contributed by atoms with van der Waals surface area (Å²) in [5.74, 6) is 4.35. The van der Waals surface area contributed by atoms with Crippen molar-refractivity contribution in [3.8, 4) is 0 Å². The van der Waals surface area contributed by atoms with Crippen LogP contribution in [0.2, 0.25) is 0 Å². The molecule has 3 rings (SSSR count). The van der Waals surface area contributed by atoms with Gasteiger partial charge in [0.25, 0.3) is 0 Å². The van der Waals surface area contributed by atoms with E-state index in [2.05, 4.69) is 36.0 Å². The lowest BCUT2D eigenvalue weighted by molar-refractivity contribution is 0.548. The molecule has 1 aromatic heterocycles. The van der Waals surface area contributed by atoms with Gasteiger partial charge in [0.05, 0.1) is 0 Å². The Balaban J connectivity index is 2.02. The maximum Gasteiger partial charge on any atom is 0.137 e. The fourth-order valence-electron chi connectivity index (χ4n) is 3.49. The maximum absolute atomic E-state index is 4.86. The van der Waals surface area contributed by atoms with Crippen LogP contribution in [0.5, 0.6) is 0 Å². The van der Waals surface area contributed by atoms with Gasteiger partial charge in [0.2, 0.25) is 0 Å². The zero-order valence-electron chi connectivity index (χ0n) is 12.4. The van der Waals surface area contributed by atoms with Crippen molar-refractivity contribution < 1.29 is 0 Å². The van der Waals surface area contributed by atoms with E-state index in [-0.39, 0.29) is 0 Å². The first-order valence-corrected chi connectivity index (χ1v) is 7.43. The van der Waals surface area contributed by atoms with E-state index < -0.39 is 0 Å². The fourth-order valence-corrected chi connectivity index (χ4v) is 3.49. The number of piperidine rings is 1. The molecule has 4 nitrogen and oxygen atoms in total. The molecular weight excluding hydrogens is 236 g/mol. The van der Waals surface area contributed by atoms with Crippen LogP contribution in [0.3, 0.4) is 0 Å². The smallest absolute Gasteiger partial charge is 0.137 e. The van der Waals surface area contributed by atoms with Crippen molar-refractivity contribution in [1.29, 1.82) is 0 Å². The van der Waals surface area contributed by atoms with Gasteiger partial charge >= 0.3 is 0 Å². The summed E-state index contributed by atoms with van der Waals surface area (Å²) in [6.45, 7) is 7.63. The van der Waals surface area contributed by atoms with Gasteiger partial charge in [0.1, 0.15) is 17.5 Å². The zero-order chi connectivity index (χ0) is 13.6. The number of hydrogen-bond donors (Lipinski definition) is 1. The van der Waals surface area contributed by atoms with Gasteiger partial charge in [-0.15, -0.1) is 0 Å². The Hall–Kier alpha value is -1.32. The minimum atomic E-state index is 0.367. The molecule has 2 bridgehead atoms. The van der Waals surface area contributed by atoms with Gasteiger partial charge in [-0.05, 0) is 32.1 Å². The van der Waals surface area contributed by atoms with Crippen molar-refractivity contribution in [2.75, 3.05) is 23.8 Å². The number of fused-ring (bicyclic) bond motifs is 2. The van der Waals surface area contributed by atoms with Crippen LogP contribution in [0.4, 0.5) is 11.6 Å². The summed E-state index contributed by atoms with van der Waals surface area (Å²) >= 11 is 0. The van der Waals surface area contributed by atoms with Crippen molar-refractivity contribution >= 4 is 11.6 Å². The highest BCUT2D eigenvalue weighted by molar-refractivity contribution is 5.60. The fraction of sp³-hybridized carbons (Fsp3) is 0.733. The van der Waals surface area contributed by atoms with Gasteiger partial charge in [0.15, 0.2) is 0 Å². The first-order chi connectivity index (χ1) is 9.10. The molecule has 1 saturated heterocycles. The molecule has 104 valence electrons. The standard InChI is InChI=1S/C15H24N4/c1-9(2)13-17-14(16-4)10(3)15(18-13)19-8-11-5-6-12(19)7-11/h9,11-12H,5-8H2,1-4H3,(H,16,17,18). The van der Waals surface area contributed by atoms with E-state index in [9.17, 15) is 0 Å². The first kappa shape index (κ1) is 12.7. The van der Waals surface area contributed by atoms with Gasteiger partial charge in [-0.1, -0.05) is 13.8 Å². The van der Waals surface area contributed by atoms with Crippen LogP contribution in [-0.2, 0) is 0 Å². The molecule has 2 aliphatic rings. The Labute approximate surface area is 115 Å². The normalized spacial score (nSPS) is 25.4. The molecule has 4 heteroatoms. The Morgan fingerprint density at radius 1 is 1.26 bits per heavy atom. The molecule has 1 N–H and O–H groups in total. The van der Waals surface area contributed by atoms with Crippen molar-refractivity contribution in [2.45, 2.75) is 52.0 Å². The Bertz CT molecular complexity index is 483. The minimum absolute atomic E-state index is 0.367. The summed E-state index contributed by atoms with van der Waals surface area (Å²) in [6, 6.07) is 0.711. The highest BCUT2D eigenvalue weighted by atomic mass is 15.3. The predicted molar refractivity (Wildman–Crippen MR) is 78.9 cm³/mol. The summed E-state index contributed by atoms with van der Waals surface area (Å²) in [6.07, 6.45) is 4.09. The van der Waals surface area contributed by atoms with Crippen LogP contribution in [0, 0.1) is 12.8 Å². The van der Waals surface area contributed by atoms with Crippen LogP contribution in [0.15, 0.2) is 0 Å². The zero-order valence-corrected chi connectivity index (χ0v) is 12.4. The average molecular weight is 260 g/mol.